The Morgan fingerprint density at radius 2 is 1.85 bits per heavy atom. The van der Waals surface area contributed by atoms with Crippen LogP contribution in [0, 0.1) is 0 Å². The van der Waals surface area contributed by atoms with E-state index in [1.165, 1.54) is 0 Å². The molecule has 7 heteroatoms. The van der Waals surface area contributed by atoms with Gasteiger partial charge in [-0.3, -0.25) is 10.5 Å². The highest BCUT2D eigenvalue weighted by atomic mass is 35.5. The fourth-order valence-corrected chi connectivity index (χ4v) is 2.35. The Morgan fingerprint density at radius 1 is 1.25 bits per heavy atom. The van der Waals surface area contributed by atoms with E-state index in [0.717, 1.165) is 11.3 Å². The SMILES string of the molecule is COc1cc(OC)cc(C(NN)c2c(Cl)cnn2C)c1. The lowest BCUT2D eigenvalue weighted by atomic mass is 10.0. The highest BCUT2D eigenvalue weighted by molar-refractivity contribution is 6.31. The first-order valence-electron chi connectivity index (χ1n) is 5.97. The molecule has 0 saturated carbocycles. The number of hydrogen-bond acceptors (Lipinski definition) is 5. The minimum Gasteiger partial charge on any atom is -0.497 e. The van der Waals surface area contributed by atoms with Gasteiger partial charge in [-0.2, -0.15) is 5.10 Å². The highest BCUT2D eigenvalue weighted by Gasteiger charge is 2.21. The molecule has 108 valence electrons. The number of benzene rings is 1. The third-order valence-corrected chi connectivity index (χ3v) is 3.38. The van der Waals surface area contributed by atoms with Crippen LogP contribution in [0.15, 0.2) is 24.4 Å². The molecule has 3 N–H and O–H groups in total. The van der Waals surface area contributed by atoms with E-state index in [1.54, 1.807) is 31.2 Å². The Balaban J connectivity index is 2.52. The van der Waals surface area contributed by atoms with Crippen LogP contribution in [0.1, 0.15) is 17.3 Å². The van der Waals surface area contributed by atoms with Crippen molar-refractivity contribution >= 4 is 11.6 Å². The number of methoxy groups -OCH3 is 2. The maximum atomic E-state index is 6.17. The smallest absolute Gasteiger partial charge is 0.122 e. The van der Waals surface area contributed by atoms with Crippen molar-refractivity contribution in [1.29, 1.82) is 0 Å². The first-order valence-corrected chi connectivity index (χ1v) is 6.35. The summed E-state index contributed by atoms with van der Waals surface area (Å²) in [5, 5.41) is 4.66. The monoisotopic (exact) mass is 296 g/mol. The average Bonchev–Trinajstić information content (AvgIpc) is 2.80. The van der Waals surface area contributed by atoms with Crippen molar-refractivity contribution in [3.63, 3.8) is 0 Å². The largest absolute Gasteiger partial charge is 0.497 e. The second-order valence-electron chi connectivity index (χ2n) is 4.25. The molecular formula is C13H17ClN4O2. The van der Waals surface area contributed by atoms with Crippen LogP contribution in [-0.4, -0.2) is 24.0 Å². The standard InChI is InChI=1S/C13H17ClN4O2/c1-18-13(11(14)7-16-18)12(17-15)8-4-9(19-2)6-10(5-8)20-3/h4-7,12,17H,15H2,1-3H3. The van der Waals surface area contributed by atoms with Crippen LogP contribution in [0.25, 0.3) is 0 Å². The number of hydrazine groups is 1. The molecule has 0 saturated heterocycles. The lowest BCUT2D eigenvalue weighted by molar-refractivity contribution is 0.392. The Hall–Kier alpha value is -1.76. The summed E-state index contributed by atoms with van der Waals surface area (Å²) in [4.78, 5) is 0. The zero-order valence-electron chi connectivity index (χ0n) is 11.6. The van der Waals surface area contributed by atoms with Crippen molar-refractivity contribution < 1.29 is 9.47 Å². The maximum Gasteiger partial charge on any atom is 0.122 e. The van der Waals surface area contributed by atoms with E-state index in [-0.39, 0.29) is 6.04 Å². The minimum atomic E-state index is -0.320. The number of nitrogens with two attached hydrogens (primary N) is 1. The summed E-state index contributed by atoms with van der Waals surface area (Å²) in [6.07, 6.45) is 1.58. The van der Waals surface area contributed by atoms with Crippen molar-refractivity contribution in [3.05, 3.63) is 40.7 Å². The highest BCUT2D eigenvalue weighted by Crippen LogP contribution is 2.32. The van der Waals surface area contributed by atoms with E-state index in [0.29, 0.717) is 16.5 Å². The summed E-state index contributed by atoms with van der Waals surface area (Å²) in [5.41, 5.74) is 4.39. The van der Waals surface area contributed by atoms with Crippen molar-refractivity contribution in [3.8, 4) is 11.5 Å². The van der Waals surface area contributed by atoms with Crippen LogP contribution in [0.3, 0.4) is 0 Å². The van der Waals surface area contributed by atoms with Gasteiger partial charge < -0.3 is 9.47 Å². The topological polar surface area (TPSA) is 74.3 Å². The van der Waals surface area contributed by atoms with Crippen molar-refractivity contribution in [2.45, 2.75) is 6.04 Å². The first-order chi connectivity index (χ1) is 9.60. The number of nitrogens with one attached hydrogen (secondary N) is 1. The second kappa shape index (κ2) is 6.13. The van der Waals surface area contributed by atoms with Crippen LogP contribution in [-0.2, 0) is 7.05 Å². The molecule has 1 unspecified atom stereocenters. The van der Waals surface area contributed by atoms with Gasteiger partial charge in [-0.15, -0.1) is 0 Å². The number of nitrogens with zero attached hydrogens (tertiary/aromatic N) is 2. The van der Waals surface area contributed by atoms with Crippen LogP contribution in [0.5, 0.6) is 11.5 Å². The van der Waals surface area contributed by atoms with E-state index in [4.69, 9.17) is 26.9 Å². The van der Waals surface area contributed by atoms with E-state index in [9.17, 15) is 0 Å². The molecule has 1 atom stereocenters. The fraction of sp³-hybridized carbons (Fsp3) is 0.308. The Kier molecular flexibility index (Phi) is 4.49. The molecule has 2 aromatic rings. The number of hydrogen-bond donors (Lipinski definition) is 2. The van der Waals surface area contributed by atoms with Gasteiger partial charge in [0.1, 0.15) is 11.5 Å². The molecule has 1 heterocycles. The molecule has 0 aliphatic carbocycles. The van der Waals surface area contributed by atoms with Gasteiger partial charge in [-0.1, -0.05) is 11.6 Å². The zero-order chi connectivity index (χ0) is 14.7. The fourth-order valence-electron chi connectivity index (χ4n) is 2.07. The normalized spacial score (nSPS) is 12.2. The van der Waals surface area contributed by atoms with Crippen molar-refractivity contribution in [2.24, 2.45) is 12.9 Å². The Morgan fingerprint density at radius 3 is 2.25 bits per heavy atom. The van der Waals surface area contributed by atoms with Crippen molar-refractivity contribution in [2.75, 3.05) is 14.2 Å². The molecule has 0 aliphatic rings. The molecule has 0 aliphatic heterocycles. The van der Waals surface area contributed by atoms with Crippen LogP contribution in [0.4, 0.5) is 0 Å². The predicted octanol–water partition coefficient (Wildman–Crippen LogP) is 1.64. The van der Waals surface area contributed by atoms with Gasteiger partial charge in [0, 0.05) is 13.1 Å². The molecule has 0 radical (unpaired) electrons. The Bertz CT molecular complexity index is 558. The molecule has 1 aromatic carbocycles. The second-order valence-corrected chi connectivity index (χ2v) is 4.65. The quantitative estimate of drug-likeness (QED) is 0.648. The average molecular weight is 297 g/mol. The molecule has 1 aromatic heterocycles. The number of aromatic nitrogens is 2. The van der Waals surface area contributed by atoms with Crippen LogP contribution >= 0.6 is 11.6 Å². The summed E-state index contributed by atoms with van der Waals surface area (Å²) >= 11 is 6.17. The van der Waals surface area contributed by atoms with E-state index < -0.39 is 0 Å². The van der Waals surface area contributed by atoms with E-state index in [1.807, 2.05) is 19.2 Å². The molecule has 0 bridgehead atoms. The third-order valence-electron chi connectivity index (χ3n) is 3.08. The molecule has 20 heavy (non-hydrogen) atoms. The number of rotatable bonds is 5. The van der Waals surface area contributed by atoms with Crippen LogP contribution < -0.4 is 20.7 Å². The maximum absolute atomic E-state index is 6.17. The number of halogens is 1. The molecule has 0 fully saturated rings. The van der Waals surface area contributed by atoms with Gasteiger partial charge in [0.2, 0.25) is 0 Å². The van der Waals surface area contributed by atoms with Gasteiger partial charge in [0.15, 0.2) is 0 Å². The number of ether oxygens (including phenoxy) is 2. The zero-order valence-corrected chi connectivity index (χ0v) is 12.3. The molecular weight excluding hydrogens is 280 g/mol. The number of aryl methyl sites for hydroxylation is 1. The summed E-state index contributed by atoms with van der Waals surface area (Å²) in [6, 6.07) is 5.22. The third kappa shape index (κ3) is 2.72. The lowest BCUT2D eigenvalue weighted by Gasteiger charge is -2.19. The van der Waals surface area contributed by atoms with Crippen LogP contribution in [0.2, 0.25) is 5.02 Å². The van der Waals surface area contributed by atoms with Gasteiger partial charge in [0.05, 0.1) is 37.2 Å². The summed E-state index contributed by atoms with van der Waals surface area (Å²) in [5.74, 6) is 7.04. The van der Waals surface area contributed by atoms with Gasteiger partial charge in [-0.05, 0) is 17.7 Å². The van der Waals surface area contributed by atoms with Gasteiger partial charge >= 0.3 is 0 Å². The van der Waals surface area contributed by atoms with E-state index >= 15 is 0 Å². The summed E-state index contributed by atoms with van der Waals surface area (Å²) in [6.45, 7) is 0. The first kappa shape index (κ1) is 14.6. The summed E-state index contributed by atoms with van der Waals surface area (Å²) < 4.78 is 12.2. The van der Waals surface area contributed by atoms with Gasteiger partial charge in [-0.25, -0.2) is 5.43 Å². The minimum absolute atomic E-state index is 0.320. The molecule has 0 spiro atoms. The molecule has 0 amide bonds. The lowest BCUT2D eigenvalue weighted by Crippen LogP contribution is -2.30. The Labute approximate surface area is 122 Å². The molecule has 2 rings (SSSR count). The van der Waals surface area contributed by atoms with E-state index in [2.05, 4.69) is 10.5 Å². The predicted molar refractivity (Wildman–Crippen MR) is 76.9 cm³/mol. The molecule has 6 nitrogen and oxygen atoms in total. The van der Waals surface area contributed by atoms with Crippen molar-refractivity contribution in [1.82, 2.24) is 15.2 Å². The van der Waals surface area contributed by atoms with Gasteiger partial charge in [0.25, 0.3) is 0 Å². The summed E-state index contributed by atoms with van der Waals surface area (Å²) in [7, 11) is 5.00.